The van der Waals surface area contributed by atoms with E-state index in [2.05, 4.69) is 20.8 Å². The van der Waals surface area contributed by atoms with Crippen LogP contribution in [0.1, 0.15) is 53.4 Å². The predicted molar refractivity (Wildman–Crippen MR) is 63.6 cm³/mol. The second-order valence-corrected chi connectivity index (χ2v) is 5.17. The second kappa shape index (κ2) is 7.21. The van der Waals surface area contributed by atoms with Gasteiger partial charge in [-0.05, 0) is 30.1 Å². The van der Waals surface area contributed by atoms with Crippen LogP contribution in [0.25, 0.3) is 0 Å². The number of hydrogen-bond donors (Lipinski definition) is 1. The summed E-state index contributed by atoms with van der Waals surface area (Å²) >= 11 is 0. The third-order valence-corrected chi connectivity index (χ3v) is 3.60. The summed E-state index contributed by atoms with van der Waals surface area (Å²) in [5.74, 6) is 0.683. The SMILES string of the molecule is CCCC(C)(CF)[C@@H](CC)C[C@@H](C)CO. The molecule has 0 saturated heterocycles. The van der Waals surface area contributed by atoms with Crippen molar-refractivity contribution in [3.63, 3.8) is 0 Å². The van der Waals surface area contributed by atoms with Gasteiger partial charge >= 0.3 is 0 Å². The van der Waals surface area contributed by atoms with E-state index in [4.69, 9.17) is 5.11 Å². The molecule has 15 heavy (non-hydrogen) atoms. The van der Waals surface area contributed by atoms with Crippen molar-refractivity contribution in [2.24, 2.45) is 17.3 Å². The van der Waals surface area contributed by atoms with Crippen molar-refractivity contribution in [1.82, 2.24) is 0 Å². The van der Waals surface area contributed by atoms with Gasteiger partial charge in [0.25, 0.3) is 0 Å². The van der Waals surface area contributed by atoms with Crippen LogP contribution in [0.3, 0.4) is 0 Å². The fourth-order valence-corrected chi connectivity index (χ4v) is 2.46. The standard InChI is InChI=1S/C13H27FO/c1-5-7-13(4,10-14)12(6-2)8-11(3)9-15/h11-12,15H,5-10H2,1-4H3/t11-,12+,13?/m1/s1. The molecule has 0 aromatic carbocycles. The van der Waals surface area contributed by atoms with Crippen LogP contribution in [0.5, 0.6) is 0 Å². The number of aliphatic hydroxyl groups is 1. The highest BCUT2D eigenvalue weighted by Crippen LogP contribution is 2.39. The van der Waals surface area contributed by atoms with Crippen LogP contribution in [0.2, 0.25) is 0 Å². The molecule has 1 unspecified atom stereocenters. The number of hydrogen-bond acceptors (Lipinski definition) is 1. The molecule has 0 aromatic heterocycles. The van der Waals surface area contributed by atoms with Gasteiger partial charge in [0.05, 0.1) is 6.67 Å². The third-order valence-electron chi connectivity index (χ3n) is 3.60. The summed E-state index contributed by atoms with van der Waals surface area (Å²) in [7, 11) is 0. The van der Waals surface area contributed by atoms with Crippen molar-refractivity contribution in [3.8, 4) is 0 Å². The Kier molecular flexibility index (Phi) is 7.16. The van der Waals surface area contributed by atoms with E-state index in [0.29, 0.717) is 5.92 Å². The minimum atomic E-state index is -0.239. The first-order chi connectivity index (χ1) is 7.03. The Balaban J connectivity index is 4.45. The minimum Gasteiger partial charge on any atom is -0.396 e. The summed E-state index contributed by atoms with van der Waals surface area (Å²) in [5, 5.41) is 9.05. The molecular formula is C13H27FO. The van der Waals surface area contributed by atoms with Crippen molar-refractivity contribution < 1.29 is 9.50 Å². The van der Waals surface area contributed by atoms with Crippen LogP contribution in [-0.4, -0.2) is 18.4 Å². The van der Waals surface area contributed by atoms with E-state index in [-0.39, 0.29) is 24.6 Å². The van der Waals surface area contributed by atoms with E-state index in [1.54, 1.807) is 0 Å². The lowest BCUT2D eigenvalue weighted by atomic mass is 9.70. The lowest BCUT2D eigenvalue weighted by molar-refractivity contribution is 0.0851. The summed E-state index contributed by atoms with van der Waals surface area (Å²) in [4.78, 5) is 0. The van der Waals surface area contributed by atoms with Crippen LogP contribution in [0.4, 0.5) is 4.39 Å². The lowest BCUT2D eigenvalue weighted by Crippen LogP contribution is -2.31. The smallest absolute Gasteiger partial charge is 0.0950 e. The third kappa shape index (κ3) is 4.50. The van der Waals surface area contributed by atoms with E-state index in [0.717, 1.165) is 25.7 Å². The van der Waals surface area contributed by atoms with Gasteiger partial charge in [0, 0.05) is 6.61 Å². The first kappa shape index (κ1) is 14.9. The van der Waals surface area contributed by atoms with Gasteiger partial charge < -0.3 is 5.11 Å². The van der Waals surface area contributed by atoms with Crippen LogP contribution >= 0.6 is 0 Å². The molecule has 0 saturated carbocycles. The van der Waals surface area contributed by atoms with E-state index in [1.807, 2.05) is 6.92 Å². The molecule has 0 aromatic rings. The number of alkyl halides is 1. The van der Waals surface area contributed by atoms with Gasteiger partial charge in [-0.15, -0.1) is 0 Å². The van der Waals surface area contributed by atoms with E-state index < -0.39 is 0 Å². The van der Waals surface area contributed by atoms with Crippen LogP contribution in [0.15, 0.2) is 0 Å². The quantitative estimate of drug-likeness (QED) is 0.657. The molecule has 0 aliphatic rings. The summed E-state index contributed by atoms with van der Waals surface area (Å²) in [5.41, 5.74) is -0.188. The molecule has 3 atom stereocenters. The zero-order valence-corrected chi connectivity index (χ0v) is 10.7. The minimum absolute atomic E-state index is 0.188. The Bertz CT molecular complexity index is 161. The van der Waals surface area contributed by atoms with Crippen molar-refractivity contribution in [3.05, 3.63) is 0 Å². The molecule has 0 fully saturated rings. The van der Waals surface area contributed by atoms with Gasteiger partial charge in [-0.2, -0.15) is 0 Å². The highest BCUT2D eigenvalue weighted by atomic mass is 19.1. The largest absolute Gasteiger partial charge is 0.396 e. The maximum Gasteiger partial charge on any atom is 0.0950 e. The van der Waals surface area contributed by atoms with Gasteiger partial charge in [-0.25, -0.2) is 0 Å². The molecule has 1 nitrogen and oxygen atoms in total. The molecule has 0 rings (SSSR count). The van der Waals surface area contributed by atoms with E-state index in [9.17, 15) is 4.39 Å². The normalized spacial score (nSPS) is 19.6. The predicted octanol–water partition coefficient (Wildman–Crippen LogP) is 3.81. The Labute approximate surface area is 94.1 Å². The summed E-state index contributed by atoms with van der Waals surface area (Å²) < 4.78 is 13.2. The van der Waals surface area contributed by atoms with Gasteiger partial charge in [0.15, 0.2) is 0 Å². The van der Waals surface area contributed by atoms with Crippen molar-refractivity contribution in [1.29, 1.82) is 0 Å². The molecule has 0 aliphatic carbocycles. The van der Waals surface area contributed by atoms with Crippen LogP contribution in [0, 0.1) is 17.3 Å². The maximum absolute atomic E-state index is 13.2. The molecule has 0 bridgehead atoms. The van der Waals surface area contributed by atoms with Gasteiger partial charge in [0.1, 0.15) is 0 Å². The Morgan fingerprint density at radius 2 is 1.93 bits per heavy atom. The summed E-state index contributed by atoms with van der Waals surface area (Å²) in [6.45, 7) is 8.29. The zero-order valence-electron chi connectivity index (χ0n) is 10.7. The topological polar surface area (TPSA) is 20.2 Å². The maximum atomic E-state index is 13.2. The molecule has 0 amide bonds. The molecular weight excluding hydrogens is 191 g/mol. The number of rotatable bonds is 8. The molecule has 1 N–H and O–H groups in total. The molecule has 0 heterocycles. The van der Waals surface area contributed by atoms with E-state index in [1.165, 1.54) is 0 Å². The van der Waals surface area contributed by atoms with Crippen LogP contribution in [-0.2, 0) is 0 Å². The molecule has 0 radical (unpaired) electrons. The highest BCUT2D eigenvalue weighted by Gasteiger charge is 2.32. The summed E-state index contributed by atoms with van der Waals surface area (Å²) in [6.07, 6.45) is 3.92. The average molecular weight is 218 g/mol. The van der Waals surface area contributed by atoms with Crippen molar-refractivity contribution in [2.75, 3.05) is 13.3 Å². The molecule has 2 heteroatoms. The van der Waals surface area contributed by atoms with Crippen molar-refractivity contribution in [2.45, 2.75) is 53.4 Å². The molecule has 0 aliphatic heterocycles. The zero-order chi connectivity index (χ0) is 11.9. The van der Waals surface area contributed by atoms with Gasteiger partial charge in [-0.3, -0.25) is 4.39 Å². The fourth-order valence-electron chi connectivity index (χ4n) is 2.46. The summed E-state index contributed by atoms with van der Waals surface area (Å²) in [6, 6.07) is 0. The van der Waals surface area contributed by atoms with Gasteiger partial charge in [-0.1, -0.05) is 40.5 Å². The lowest BCUT2D eigenvalue weighted by Gasteiger charge is -2.36. The number of aliphatic hydroxyl groups excluding tert-OH is 1. The monoisotopic (exact) mass is 218 g/mol. The molecule has 0 spiro atoms. The number of halogens is 1. The Hall–Kier alpha value is -0.110. The fraction of sp³-hybridized carbons (Fsp3) is 1.00. The molecule has 92 valence electrons. The van der Waals surface area contributed by atoms with Crippen molar-refractivity contribution >= 4 is 0 Å². The highest BCUT2D eigenvalue weighted by molar-refractivity contribution is 4.82. The first-order valence-corrected chi connectivity index (χ1v) is 6.20. The first-order valence-electron chi connectivity index (χ1n) is 6.20. The van der Waals surface area contributed by atoms with Crippen LogP contribution < -0.4 is 0 Å². The second-order valence-electron chi connectivity index (χ2n) is 5.17. The Morgan fingerprint density at radius 1 is 1.33 bits per heavy atom. The van der Waals surface area contributed by atoms with Gasteiger partial charge in [0.2, 0.25) is 0 Å². The van der Waals surface area contributed by atoms with E-state index >= 15 is 0 Å². The Morgan fingerprint density at radius 3 is 2.27 bits per heavy atom. The average Bonchev–Trinajstić information content (AvgIpc) is 2.25.